The van der Waals surface area contributed by atoms with E-state index in [0.29, 0.717) is 0 Å². The molecule has 1 aromatic rings. The van der Waals surface area contributed by atoms with Crippen molar-refractivity contribution < 1.29 is 13.9 Å². The summed E-state index contributed by atoms with van der Waals surface area (Å²) in [7, 11) is 0. The van der Waals surface area contributed by atoms with E-state index >= 15 is 0 Å². The van der Waals surface area contributed by atoms with Crippen LogP contribution in [0.25, 0.3) is 0 Å². The van der Waals surface area contributed by atoms with E-state index in [1.165, 1.54) is 0 Å². The van der Waals surface area contributed by atoms with E-state index in [1.54, 1.807) is 0 Å². The second kappa shape index (κ2) is 3.85. The van der Waals surface area contributed by atoms with E-state index in [1.807, 2.05) is 0 Å². The van der Waals surface area contributed by atoms with E-state index in [-0.39, 0.29) is 16.4 Å². The number of rotatable bonds is 2. The average molecular weight is 209 g/mol. The van der Waals surface area contributed by atoms with Crippen molar-refractivity contribution in [2.45, 2.75) is 13.0 Å². The first-order valence-electron chi connectivity index (χ1n) is 3.39. The maximum absolute atomic E-state index is 12.4. The minimum atomic E-state index is -2.76. The van der Waals surface area contributed by atoms with Crippen molar-refractivity contribution in [3.8, 4) is 0 Å². The molecule has 0 saturated heterocycles. The van der Waals surface area contributed by atoms with Crippen LogP contribution in [0.3, 0.4) is 0 Å². The highest BCUT2D eigenvalue weighted by atomic mass is 35.5. The number of nitrogens with two attached hydrogens (primary N) is 1. The molecule has 0 saturated carbocycles. The Morgan fingerprint density at radius 1 is 1.62 bits per heavy atom. The molecule has 3 nitrogen and oxygen atoms in total. The van der Waals surface area contributed by atoms with Gasteiger partial charge in [0.15, 0.2) is 5.15 Å². The highest BCUT2D eigenvalue weighted by Crippen LogP contribution is 2.31. The zero-order chi connectivity index (χ0) is 10.0. The second-order valence-corrected chi connectivity index (χ2v) is 2.72. The van der Waals surface area contributed by atoms with Gasteiger partial charge in [0.25, 0.3) is 6.43 Å². The molecule has 1 aromatic heterocycles. The van der Waals surface area contributed by atoms with Crippen LogP contribution in [0.15, 0.2) is 6.20 Å². The van der Waals surface area contributed by atoms with E-state index in [4.69, 9.17) is 22.4 Å². The fraction of sp³-hybridized carbons (Fsp3) is 0.286. The number of hydrogen-bond acceptors (Lipinski definition) is 3. The first-order chi connectivity index (χ1) is 6.07. The molecule has 3 N–H and O–H groups in total. The number of alkyl halides is 2. The van der Waals surface area contributed by atoms with Crippen LogP contribution in [0.2, 0.25) is 5.15 Å². The van der Waals surface area contributed by atoms with Gasteiger partial charge in [-0.05, 0) is 0 Å². The van der Waals surface area contributed by atoms with Gasteiger partial charge in [0.05, 0.1) is 17.9 Å². The van der Waals surface area contributed by atoms with Gasteiger partial charge in [0.2, 0.25) is 0 Å². The van der Waals surface area contributed by atoms with Gasteiger partial charge < -0.3 is 10.8 Å². The molecule has 72 valence electrons. The van der Waals surface area contributed by atoms with Gasteiger partial charge in [-0.25, -0.2) is 13.8 Å². The Balaban J connectivity index is 3.32. The largest absolute Gasteiger partial charge is 0.396 e. The Bertz CT molecular complexity index is 320. The van der Waals surface area contributed by atoms with E-state index in [0.717, 1.165) is 6.20 Å². The predicted molar refractivity (Wildman–Crippen MR) is 44.5 cm³/mol. The monoisotopic (exact) mass is 208 g/mol. The smallest absolute Gasteiger partial charge is 0.266 e. The number of halogens is 3. The minimum absolute atomic E-state index is 0.00287. The van der Waals surface area contributed by atoms with Gasteiger partial charge in [0.1, 0.15) is 0 Å². The summed E-state index contributed by atoms with van der Waals surface area (Å²) >= 11 is 5.44. The summed E-state index contributed by atoms with van der Waals surface area (Å²) in [5.74, 6) is 0. The van der Waals surface area contributed by atoms with Gasteiger partial charge in [-0.1, -0.05) is 11.6 Å². The third-order valence-electron chi connectivity index (χ3n) is 1.58. The van der Waals surface area contributed by atoms with Crippen molar-refractivity contribution >= 4 is 17.3 Å². The van der Waals surface area contributed by atoms with Crippen LogP contribution in [0.4, 0.5) is 14.5 Å². The van der Waals surface area contributed by atoms with Crippen molar-refractivity contribution in [3.05, 3.63) is 22.5 Å². The summed E-state index contributed by atoms with van der Waals surface area (Å²) in [6.07, 6.45) is -1.68. The Kier molecular flexibility index (Phi) is 3.00. The SMILES string of the molecule is Nc1c(Cl)ncc(CO)c1C(F)F. The van der Waals surface area contributed by atoms with E-state index in [9.17, 15) is 8.78 Å². The molecule has 0 radical (unpaired) electrons. The quantitative estimate of drug-likeness (QED) is 0.728. The zero-order valence-corrected chi connectivity index (χ0v) is 7.22. The average Bonchev–Trinajstić information content (AvgIpc) is 2.08. The normalized spacial score (nSPS) is 10.8. The molecule has 6 heteroatoms. The summed E-state index contributed by atoms with van der Waals surface area (Å²) in [6.45, 7) is -0.534. The number of hydrogen-bond donors (Lipinski definition) is 2. The number of pyridine rings is 1. The lowest BCUT2D eigenvalue weighted by Crippen LogP contribution is -2.03. The number of aromatic nitrogens is 1. The molecule has 1 heterocycles. The van der Waals surface area contributed by atoms with Crippen LogP contribution < -0.4 is 5.73 Å². The third kappa shape index (κ3) is 1.87. The number of nitrogen functional groups attached to an aromatic ring is 1. The molecule has 0 aliphatic heterocycles. The van der Waals surface area contributed by atoms with Crippen LogP contribution in [-0.4, -0.2) is 10.1 Å². The standard InChI is InChI=1S/C7H7ClF2N2O/c8-6-5(11)4(7(9)10)3(2-13)1-12-6/h1,7,13H,2,11H2. The van der Waals surface area contributed by atoms with E-state index < -0.39 is 18.6 Å². The van der Waals surface area contributed by atoms with Gasteiger partial charge >= 0.3 is 0 Å². The molecule has 1 rings (SSSR count). The van der Waals surface area contributed by atoms with Crippen LogP contribution in [0, 0.1) is 0 Å². The van der Waals surface area contributed by atoms with Gasteiger partial charge in [-0.15, -0.1) is 0 Å². The van der Waals surface area contributed by atoms with Gasteiger partial charge in [0, 0.05) is 11.8 Å². The Morgan fingerprint density at radius 3 is 2.69 bits per heavy atom. The number of anilines is 1. The molecule has 0 fully saturated rings. The fourth-order valence-corrected chi connectivity index (χ4v) is 1.09. The molecule has 0 amide bonds. The first-order valence-corrected chi connectivity index (χ1v) is 3.77. The lowest BCUT2D eigenvalue weighted by Gasteiger charge is -2.09. The van der Waals surface area contributed by atoms with Crippen molar-refractivity contribution in [2.75, 3.05) is 5.73 Å². The molecule has 0 unspecified atom stereocenters. The van der Waals surface area contributed by atoms with Crippen molar-refractivity contribution in [1.82, 2.24) is 4.98 Å². The lowest BCUT2D eigenvalue weighted by molar-refractivity contribution is 0.148. The van der Waals surface area contributed by atoms with Crippen molar-refractivity contribution in [2.24, 2.45) is 0 Å². The zero-order valence-electron chi connectivity index (χ0n) is 6.47. The van der Waals surface area contributed by atoms with Gasteiger partial charge in [-0.2, -0.15) is 0 Å². The molecule has 0 aliphatic carbocycles. The number of aliphatic hydroxyl groups excluding tert-OH is 1. The van der Waals surface area contributed by atoms with Crippen molar-refractivity contribution in [1.29, 1.82) is 0 Å². The minimum Gasteiger partial charge on any atom is -0.396 e. The Hall–Kier alpha value is -0.940. The highest BCUT2D eigenvalue weighted by molar-refractivity contribution is 6.32. The summed E-state index contributed by atoms with van der Waals surface area (Å²) in [4.78, 5) is 3.54. The second-order valence-electron chi connectivity index (χ2n) is 2.36. The molecule has 0 spiro atoms. The molecule has 13 heavy (non-hydrogen) atoms. The Labute approximate surface area is 78.1 Å². The van der Waals surface area contributed by atoms with Crippen LogP contribution in [-0.2, 0) is 6.61 Å². The van der Waals surface area contributed by atoms with Crippen LogP contribution in [0.1, 0.15) is 17.6 Å². The summed E-state index contributed by atoms with van der Waals surface area (Å²) in [5.41, 5.74) is 4.55. The molecule has 0 aliphatic rings. The maximum atomic E-state index is 12.4. The third-order valence-corrected chi connectivity index (χ3v) is 1.88. The fourth-order valence-electron chi connectivity index (χ4n) is 0.941. The van der Waals surface area contributed by atoms with Crippen molar-refractivity contribution in [3.63, 3.8) is 0 Å². The molecular weight excluding hydrogens is 202 g/mol. The van der Waals surface area contributed by atoms with Gasteiger partial charge in [-0.3, -0.25) is 0 Å². The first kappa shape index (κ1) is 10.1. The summed E-state index contributed by atoms with van der Waals surface area (Å²) < 4.78 is 24.8. The molecule has 0 aromatic carbocycles. The lowest BCUT2D eigenvalue weighted by atomic mass is 10.1. The predicted octanol–water partition coefficient (Wildman–Crippen LogP) is 1.75. The number of aliphatic hydroxyl groups is 1. The van der Waals surface area contributed by atoms with Crippen LogP contribution >= 0.6 is 11.6 Å². The maximum Gasteiger partial charge on any atom is 0.266 e. The van der Waals surface area contributed by atoms with Crippen LogP contribution in [0.5, 0.6) is 0 Å². The summed E-state index contributed by atoms with van der Waals surface area (Å²) in [5, 5.41) is 8.54. The van der Waals surface area contributed by atoms with E-state index in [2.05, 4.69) is 4.98 Å². The molecular formula is C7H7ClF2N2O. The Morgan fingerprint density at radius 2 is 2.23 bits per heavy atom. The number of nitrogens with zero attached hydrogens (tertiary/aromatic N) is 1. The highest BCUT2D eigenvalue weighted by Gasteiger charge is 2.18. The summed E-state index contributed by atoms with van der Waals surface area (Å²) in [6, 6.07) is 0. The molecule has 0 atom stereocenters. The molecule has 0 bridgehead atoms. The topological polar surface area (TPSA) is 59.1 Å².